The molecule has 1 atom stereocenters. The smallest absolute Gasteiger partial charge is 0.263 e. The summed E-state index contributed by atoms with van der Waals surface area (Å²) in [6, 6.07) is 8.07. The van der Waals surface area contributed by atoms with Crippen LogP contribution in [0.5, 0.6) is 17.2 Å². The first-order valence-corrected chi connectivity index (χ1v) is 11.9. The van der Waals surface area contributed by atoms with E-state index >= 15 is 0 Å². The molecule has 158 valence electrons. The van der Waals surface area contributed by atoms with E-state index in [2.05, 4.69) is 41.5 Å². The van der Waals surface area contributed by atoms with E-state index in [4.69, 9.17) is 14.2 Å². The fourth-order valence-corrected chi connectivity index (χ4v) is 5.51. The Kier molecular flexibility index (Phi) is 6.98. The highest BCUT2D eigenvalue weighted by Gasteiger charge is 2.24. The van der Waals surface area contributed by atoms with Crippen molar-refractivity contribution >= 4 is 47.6 Å². The van der Waals surface area contributed by atoms with Gasteiger partial charge >= 0.3 is 0 Å². The first kappa shape index (κ1) is 22.2. The number of hydrogen-bond acceptors (Lipinski definition) is 6. The van der Waals surface area contributed by atoms with Crippen molar-refractivity contribution in [2.45, 2.75) is 17.4 Å². The van der Waals surface area contributed by atoms with Gasteiger partial charge in [-0.2, -0.15) is 0 Å². The third kappa shape index (κ3) is 5.17. The molecule has 29 heavy (non-hydrogen) atoms. The summed E-state index contributed by atoms with van der Waals surface area (Å²) in [6.45, 7) is 1.81. The molecule has 0 amide bonds. The predicted octanol–water partition coefficient (Wildman–Crippen LogP) is 4.11. The number of methoxy groups -OCH3 is 2. The minimum absolute atomic E-state index is 0.0398. The van der Waals surface area contributed by atoms with Crippen molar-refractivity contribution in [2.24, 2.45) is 0 Å². The maximum Gasteiger partial charge on any atom is 0.263 e. The summed E-state index contributed by atoms with van der Waals surface area (Å²) in [7, 11) is 1.11. The Morgan fingerprint density at radius 1 is 1.03 bits per heavy atom. The monoisotopic (exact) mass is 548 g/mol. The number of hydrogen-bond donors (Lipinski definition) is 1. The first-order chi connectivity index (χ1) is 13.7. The van der Waals surface area contributed by atoms with E-state index in [1.807, 2.05) is 7.05 Å². The Morgan fingerprint density at radius 3 is 2.34 bits per heavy atom. The number of ether oxygens (including phenoxy) is 3. The van der Waals surface area contributed by atoms with E-state index in [0.717, 1.165) is 24.0 Å². The summed E-state index contributed by atoms with van der Waals surface area (Å²) >= 11 is 6.77. The lowest BCUT2D eigenvalue weighted by atomic mass is 10.3. The predicted molar refractivity (Wildman–Crippen MR) is 119 cm³/mol. The van der Waals surface area contributed by atoms with Crippen molar-refractivity contribution in [3.63, 3.8) is 0 Å². The summed E-state index contributed by atoms with van der Waals surface area (Å²) in [5, 5.41) is 0. The van der Waals surface area contributed by atoms with E-state index in [1.165, 1.54) is 20.3 Å². The van der Waals surface area contributed by atoms with Gasteiger partial charge in [-0.05, 0) is 63.5 Å². The maximum atomic E-state index is 13.0. The van der Waals surface area contributed by atoms with Crippen LogP contribution in [-0.2, 0) is 10.0 Å². The van der Waals surface area contributed by atoms with Crippen LogP contribution in [0.4, 0.5) is 5.69 Å². The van der Waals surface area contributed by atoms with Crippen LogP contribution < -0.4 is 18.9 Å². The number of halogens is 2. The van der Waals surface area contributed by atoms with Gasteiger partial charge in [0.2, 0.25) is 0 Å². The molecule has 2 aromatic rings. The Hall–Kier alpha value is -1.49. The van der Waals surface area contributed by atoms with Gasteiger partial charge in [-0.3, -0.25) is 4.72 Å². The SMILES string of the molecule is COc1cc(Br)c(S(=O)(=O)Nc2ccc(Br)c(O[C@@H]3CCN(C)C3)c2)cc1OC. The van der Waals surface area contributed by atoms with E-state index in [0.29, 0.717) is 27.4 Å². The summed E-state index contributed by atoms with van der Waals surface area (Å²) in [5.41, 5.74) is 0.399. The lowest BCUT2D eigenvalue weighted by Crippen LogP contribution is -2.21. The molecule has 7 nitrogen and oxygen atoms in total. The summed E-state index contributed by atoms with van der Waals surface area (Å²) in [4.78, 5) is 2.23. The molecule has 1 fully saturated rings. The van der Waals surface area contributed by atoms with Crippen LogP contribution in [0.25, 0.3) is 0 Å². The Morgan fingerprint density at radius 2 is 1.72 bits per heavy atom. The van der Waals surface area contributed by atoms with Crippen molar-refractivity contribution in [1.82, 2.24) is 4.90 Å². The van der Waals surface area contributed by atoms with Gasteiger partial charge in [0.15, 0.2) is 11.5 Å². The normalized spacial score (nSPS) is 17.2. The van der Waals surface area contributed by atoms with Crippen LogP contribution in [0.1, 0.15) is 6.42 Å². The number of anilines is 1. The van der Waals surface area contributed by atoms with E-state index in [-0.39, 0.29) is 11.0 Å². The molecule has 0 radical (unpaired) electrons. The molecule has 1 aliphatic heterocycles. The largest absolute Gasteiger partial charge is 0.493 e. The number of likely N-dealkylation sites (N-methyl/N-ethyl adjacent to an activating group) is 1. The van der Waals surface area contributed by atoms with Gasteiger partial charge < -0.3 is 19.1 Å². The molecule has 1 N–H and O–H groups in total. The fraction of sp³-hybridized carbons (Fsp3) is 0.368. The molecule has 2 aromatic carbocycles. The van der Waals surface area contributed by atoms with Crippen LogP contribution in [0.2, 0.25) is 0 Å². The van der Waals surface area contributed by atoms with Crippen LogP contribution >= 0.6 is 31.9 Å². The highest BCUT2D eigenvalue weighted by molar-refractivity contribution is 9.10. The van der Waals surface area contributed by atoms with Crippen molar-refractivity contribution in [2.75, 3.05) is 39.1 Å². The molecule has 3 rings (SSSR count). The standard InChI is InChI=1S/C19H22Br2N2O5S/c1-23-7-6-13(11-23)28-16-8-12(4-5-14(16)20)22-29(24,25)19-10-18(27-3)17(26-2)9-15(19)21/h4-5,8-10,13,22H,6-7,11H2,1-3H3/t13-/m1/s1. The number of sulfonamides is 1. The van der Waals surface area contributed by atoms with Gasteiger partial charge in [0, 0.05) is 29.7 Å². The van der Waals surface area contributed by atoms with Crippen molar-refractivity contribution < 1.29 is 22.6 Å². The molecule has 0 bridgehead atoms. The van der Waals surface area contributed by atoms with Crippen LogP contribution in [0.3, 0.4) is 0 Å². The van der Waals surface area contributed by atoms with Gasteiger partial charge in [0.05, 0.1) is 24.4 Å². The molecule has 0 spiro atoms. The molecule has 0 unspecified atom stereocenters. The first-order valence-electron chi connectivity index (χ1n) is 8.82. The third-order valence-corrected chi connectivity index (χ3v) is 7.55. The van der Waals surface area contributed by atoms with Gasteiger partial charge in [-0.15, -0.1) is 0 Å². The molecule has 0 aliphatic carbocycles. The highest BCUT2D eigenvalue weighted by atomic mass is 79.9. The second-order valence-corrected chi connectivity index (χ2v) is 10.0. The number of nitrogens with zero attached hydrogens (tertiary/aromatic N) is 1. The molecular weight excluding hydrogens is 528 g/mol. The average molecular weight is 550 g/mol. The maximum absolute atomic E-state index is 13.0. The quantitative estimate of drug-likeness (QED) is 0.560. The second-order valence-electron chi connectivity index (χ2n) is 6.68. The third-order valence-electron chi connectivity index (χ3n) is 4.55. The van der Waals surface area contributed by atoms with Crippen LogP contribution in [0.15, 0.2) is 44.2 Å². The average Bonchev–Trinajstić information content (AvgIpc) is 3.08. The number of benzene rings is 2. The van der Waals surface area contributed by atoms with Gasteiger partial charge in [0.25, 0.3) is 10.0 Å². The molecule has 0 aromatic heterocycles. The van der Waals surface area contributed by atoms with E-state index in [9.17, 15) is 8.42 Å². The lowest BCUT2D eigenvalue weighted by molar-refractivity contribution is 0.207. The second kappa shape index (κ2) is 9.11. The number of likely N-dealkylation sites (tertiary alicyclic amines) is 1. The molecule has 1 heterocycles. The van der Waals surface area contributed by atoms with E-state index < -0.39 is 10.0 Å². The molecule has 0 saturated carbocycles. The zero-order valence-corrected chi connectivity index (χ0v) is 20.2. The summed E-state index contributed by atoms with van der Waals surface area (Å²) in [6.07, 6.45) is 1.00. The van der Waals surface area contributed by atoms with E-state index in [1.54, 1.807) is 24.3 Å². The lowest BCUT2D eigenvalue weighted by Gasteiger charge is -2.17. The van der Waals surface area contributed by atoms with Crippen LogP contribution in [-0.4, -0.2) is 53.8 Å². The Labute approximate surface area is 187 Å². The van der Waals surface area contributed by atoms with Crippen LogP contribution in [0, 0.1) is 0 Å². The molecular formula is C19H22Br2N2O5S. The minimum Gasteiger partial charge on any atom is -0.493 e. The van der Waals surface area contributed by atoms with Crippen molar-refractivity contribution in [3.8, 4) is 17.2 Å². The Bertz CT molecular complexity index is 1000. The molecule has 10 heteroatoms. The minimum atomic E-state index is -3.88. The topological polar surface area (TPSA) is 77.1 Å². The highest BCUT2D eigenvalue weighted by Crippen LogP contribution is 2.37. The van der Waals surface area contributed by atoms with Gasteiger partial charge in [-0.25, -0.2) is 8.42 Å². The molecule has 1 aliphatic rings. The number of rotatable bonds is 7. The Balaban J connectivity index is 1.86. The zero-order chi connectivity index (χ0) is 21.2. The molecule has 1 saturated heterocycles. The zero-order valence-electron chi connectivity index (χ0n) is 16.2. The van der Waals surface area contributed by atoms with Crippen molar-refractivity contribution in [3.05, 3.63) is 39.3 Å². The number of nitrogens with one attached hydrogen (secondary N) is 1. The van der Waals surface area contributed by atoms with Crippen molar-refractivity contribution in [1.29, 1.82) is 0 Å². The summed E-state index contributed by atoms with van der Waals surface area (Å²) in [5.74, 6) is 1.34. The summed E-state index contributed by atoms with van der Waals surface area (Å²) < 4.78 is 46.2. The van der Waals surface area contributed by atoms with Gasteiger partial charge in [0.1, 0.15) is 16.7 Å². The fourth-order valence-electron chi connectivity index (χ4n) is 3.08. The van der Waals surface area contributed by atoms with Gasteiger partial charge in [-0.1, -0.05) is 0 Å².